The number of nitrogens with zero attached hydrogens (tertiary/aromatic N) is 1. The summed E-state index contributed by atoms with van der Waals surface area (Å²) in [5, 5.41) is 9.03. The highest BCUT2D eigenvalue weighted by atomic mass is 35.5. The lowest BCUT2D eigenvalue weighted by molar-refractivity contribution is 0.0997. The van der Waals surface area contributed by atoms with Crippen LogP contribution < -0.4 is 16.3 Å². The van der Waals surface area contributed by atoms with Crippen LogP contribution in [0.15, 0.2) is 30.3 Å². The zero-order valence-electron chi connectivity index (χ0n) is 15.0. The van der Waals surface area contributed by atoms with Gasteiger partial charge in [-0.25, -0.2) is 4.39 Å². The molecule has 1 amide bonds. The molecule has 3 rings (SSSR count). The summed E-state index contributed by atoms with van der Waals surface area (Å²) in [7, 11) is -2.38. The number of nitriles is 1. The summed E-state index contributed by atoms with van der Waals surface area (Å²) >= 11 is 5.90. The fraction of sp³-hybridized carbons (Fsp3) is 0.100. The van der Waals surface area contributed by atoms with Gasteiger partial charge in [0.1, 0.15) is 0 Å². The number of aryl methyl sites for hydroxylation is 1. The van der Waals surface area contributed by atoms with Crippen molar-refractivity contribution in [1.82, 2.24) is 4.98 Å². The molecule has 1 aromatic heterocycles. The first-order valence-corrected chi connectivity index (χ1v) is 9.84. The van der Waals surface area contributed by atoms with E-state index in [0.29, 0.717) is 16.4 Å². The molecule has 0 radical (unpaired) electrons. The van der Waals surface area contributed by atoms with Gasteiger partial charge in [0.25, 0.3) is 5.91 Å². The van der Waals surface area contributed by atoms with E-state index in [1.165, 1.54) is 18.2 Å². The third-order valence-corrected chi connectivity index (χ3v) is 6.45. The van der Waals surface area contributed by atoms with Crippen LogP contribution in [0.4, 0.5) is 4.39 Å². The number of halogens is 2. The van der Waals surface area contributed by atoms with Crippen molar-refractivity contribution in [2.24, 2.45) is 5.73 Å². The molecule has 0 bridgehead atoms. The number of benzene rings is 2. The van der Waals surface area contributed by atoms with Crippen LogP contribution >= 0.6 is 19.4 Å². The quantitative estimate of drug-likeness (QED) is 0.498. The minimum absolute atomic E-state index is 0.0126. The molecule has 1 atom stereocenters. The topological polar surface area (TPSA) is 99.7 Å². The van der Waals surface area contributed by atoms with Gasteiger partial charge in [0.05, 0.1) is 22.0 Å². The third-order valence-electron chi connectivity index (χ3n) is 4.40. The van der Waals surface area contributed by atoms with Gasteiger partial charge >= 0.3 is 7.80 Å². The van der Waals surface area contributed by atoms with E-state index < -0.39 is 19.5 Å². The van der Waals surface area contributed by atoms with Gasteiger partial charge < -0.3 is 10.7 Å². The Hall–Kier alpha value is -3.00. The maximum atomic E-state index is 14.8. The molecule has 0 aliphatic carbocycles. The summed E-state index contributed by atoms with van der Waals surface area (Å²) in [4.78, 5) is 14.7. The number of fused-ring (bicyclic) bond motifs is 1. The minimum atomic E-state index is -2.38. The summed E-state index contributed by atoms with van der Waals surface area (Å²) in [6.07, 6.45) is 2.93. The van der Waals surface area contributed by atoms with Crippen molar-refractivity contribution in [3.63, 3.8) is 0 Å². The molecule has 28 heavy (non-hydrogen) atoms. The number of nitrogens with two attached hydrogens (primary N) is 1. The first-order chi connectivity index (χ1) is 13.3. The zero-order valence-corrected chi connectivity index (χ0v) is 16.7. The Bertz CT molecular complexity index is 1220. The smallest absolute Gasteiger partial charge is 0.364 e. The molecule has 0 aliphatic heterocycles. The van der Waals surface area contributed by atoms with Crippen LogP contribution in [0.5, 0.6) is 0 Å². The predicted octanol–water partition coefficient (Wildman–Crippen LogP) is 3.99. The van der Waals surface area contributed by atoms with Gasteiger partial charge in [-0.3, -0.25) is 4.79 Å². The summed E-state index contributed by atoms with van der Waals surface area (Å²) in [5.74, 6) is -1.61. The van der Waals surface area contributed by atoms with E-state index in [9.17, 15) is 13.8 Å². The fourth-order valence-corrected chi connectivity index (χ4v) is 5.03. The average molecular weight is 415 g/mol. The van der Waals surface area contributed by atoms with Gasteiger partial charge in [-0.05, 0) is 49.2 Å². The Balaban J connectivity index is 2.34. The second-order valence-corrected chi connectivity index (χ2v) is 8.18. The molecule has 8 heteroatoms. The first kappa shape index (κ1) is 19.8. The van der Waals surface area contributed by atoms with Gasteiger partial charge in [-0.2, -0.15) is 5.26 Å². The molecule has 0 aliphatic rings. The van der Waals surface area contributed by atoms with E-state index in [4.69, 9.17) is 22.6 Å². The summed E-state index contributed by atoms with van der Waals surface area (Å²) < 4.78 is 28.3. The van der Waals surface area contributed by atoms with Crippen molar-refractivity contribution in [1.29, 1.82) is 5.26 Å². The highest BCUT2D eigenvalue weighted by Crippen LogP contribution is 2.33. The first-order valence-electron chi connectivity index (χ1n) is 8.20. The van der Waals surface area contributed by atoms with E-state index in [0.717, 1.165) is 5.56 Å². The van der Waals surface area contributed by atoms with Gasteiger partial charge in [0.15, 0.2) is 16.8 Å². The Morgan fingerprint density at radius 2 is 2.07 bits per heavy atom. The molecule has 0 saturated carbocycles. The number of allylic oxidation sites excluding steroid dienone is 1. The molecule has 3 N–H and O–H groups in total. The highest BCUT2D eigenvalue weighted by Gasteiger charge is 2.37. The molecule has 0 saturated heterocycles. The van der Waals surface area contributed by atoms with Crippen LogP contribution in [0.25, 0.3) is 17.0 Å². The minimum Gasteiger partial charge on any atom is -0.364 e. The van der Waals surface area contributed by atoms with Crippen molar-refractivity contribution >= 4 is 52.9 Å². The Morgan fingerprint density at radius 3 is 2.71 bits per heavy atom. The molecular weight excluding hydrogens is 400 g/mol. The molecule has 5 nitrogen and oxygen atoms in total. The molecule has 0 spiro atoms. The molecule has 0 fully saturated rings. The SMILES string of the molecule is Cc1cc(C=CC#N)c(C)c([P+](=O)c2c(C(N)=O)[nH]c3ccc(Cl)c(F)c23)c1. The van der Waals surface area contributed by atoms with Crippen LogP contribution in [-0.2, 0) is 4.57 Å². The van der Waals surface area contributed by atoms with Crippen LogP contribution in [0.3, 0.4) is 0 Å². The zero-order chi connectivity index (χ0) is 20.6. The molecule has 1 unspecified atom stereocenters. The largest absolute Gasteiger partial charge is 0.418 e. The van der Waals surface area contributed by atoms with E-state index in [1.54, 1.807) is 19.1 Å². The summed E-state index contributed by atoms with van der Waals surface area (Å²) in [5.41, 5.74) is 7.78. The third kappa shape index (κ3) is 3.31. The van der Waals surface area contributed by atoms with E-state index in [2.05, 4.69) is 4.98 Å². The number of hydrogen-bond acceptors (Lipinski definition) is 3. The predicted molar refractivity (Wildman–Crippen MR) is 109 cm³/mol. The molecular formula is C20H15ClFN3O2P+. The van der Waals surface area contributed by atoms with Crippen molar-refractivity contribution in [2.45, 2.75) is 13.8 Å². The Kier molecular flexibility index (Phi) is 5.33. The second-order valence-electron chi connectivity index (χ2n) is 6.25. The van der Waals surface area contributed by atoms with Crippen molar-refractivity contribution in [3.05, 3.63) is 63.6 Å². The maximum Gasteiger partial charge on any atom is 0.418 e. The summed E-state index contributed by atoms with van der Waals surface area (Å²) in [6.45, 7) is 3.57. The van der Waals surface area contributed by atoms with Gasteiger partial charge in [0.2, 0.25) is 5.30 Å². The molecule has 2 aromatic carbocycles. The average Bonchev–Trinajstić information content (AvgIpc) is 3.05. The van der Waals surface area contributed by atoms with Crippen molar-refractivity contribution in [2.75, 3.05) is 0 Å². The van der Waals surface area contributed by atoms with Crippen LogP contribution in [0, 0.1) is 31.0 Å². The number of aromatic nitrogens is 1. The van der Waals surface area contributed by atoms with E-state index in [1.807, 2.05) is 19.1 Å². The fourth-order valence-electron chi connectivity index (χ4n) is 3.09. The monoisotopic (exact) mass is 414 g/mol. The van der Waals surface area contributed by atoms with E-state index in [-0.39, 0.29) is 26.9 Å². The number of primary amides is 1. The lowest BCUT2D eigenvalue weighted by atomic mass is 10.1. The highest BCUT2D eigenvalue weighted by molar-refractivity contribution is 7.62. The summed E-state index contributed by atoms with van der Waals surface area (Å²) in [6, 6.07) is 8.33. The number of carbonyl (C=O) groups is 1. The standard InChI is InChI=1S/C20H14ClFN3O2P/c1-10-8-12(4-3-7-23)11(2)15(9-10)28(27)19-16-14(25-18(19)20(24)26)6-5-13(21)17(16)22/h3-6,8-9H,1-2H3,(H2-,24,25,26,27)/p+1. The van der Waals surface area contributed by atoms with Gasteiger partial charge in [0, 0.05) is 11.6 Å². The lowest BCUT2D eigenvalue weighted by Gasteiger charge is -2.04. The Morgan fingerprint density at radius 1 is 1.36 bits per heavy atom. The molecule has 1 heterocycles. The van der Waals surface area contributed by atoms with Crippen molar-refractivity contribution in [3.8, 4) is 6.07 Å². The Labute approximate surface area is 166 Å². The number of hydrogen-bond donors (Lipinski definition) is 2. The lowest BCUT2D eigenvalue weighted by Crippen LogP contribution is -2.22. The van der Waals surface area contributed by atoms with Gasteiger partial charge in [-0.15, -0.1) is 0 Å². The number of nitrogens with one attached hydrogen (secondary N) is 1. The molecule has 3 aromatic rings. The van der Waals surface area contributed by atoms with Crippen molar-refractivity contribution < 1.29 is 13.8 Å². The number of rotatable bonds is 4. The van der Waals surface area contributed by atoms with Gasteiger partial charge in [-0.1, -0.05) is 22.2 Å². The number of amides is 1. The van der Waals surface area contributed by atoms with E-state index >= 15 is 0 Å². The number of aromatic amines is 1. The van der Waals surface area contributed by atoms with Crippen LogP contribution in [-0.4, -0.2) is 10.9 Å². The van der Waals surface area contributed by atoms with Crippen LogP contribution in [0.1, 0.15) is 27.2 Å². The normalized spacial score (nSPS) is 11.8. The number of carbonyl (C=O) groups excluding carboxylic acids is 1. The van der Waals surface area contributed by atoms with Crippen LogP contribution in [0.2, 0.25) is 5.02 Å². The number of H-pyrrole nitrogens is 1. The second kappa shape index (κ2) is 7.55. The molecule has 140 valence electrons. The maximum absolute atomic E-state index is 14.8.